The summed E-state index contributed by atoms with van der Waals surface area (Å²) in [6.45, 7) is 0.0376. The average Bonchev–Trinajstić information content (AvgIpc) is 3.28. The van der Waals surface area contributed by atoms with Crippen LogP contribution in [0.3, 0.4) is 0 Å². The molecular weight excluding hydrogens is 266 g/mol. The van der Waals surface area contributed by atoms with Crippen molar-refractivity contribution in [2.45, 2.75) is 69.9 Å². The molecule has 2 fully saturated rings. The summed E-state index contributed by atoms with van der Waals surface area (Å²) in [5.74, 6) is 0.395. The van der Waals surface area contributed by atoms with Gasteiger partial charge >= 0.3 is 0 Å². The van der Waals surface area contributed by atoms with Crippen molar-refractivity contribution in [3.8, 4) is 0 Å². The zero-order valence-corrected chi connectivity index (χ0v) is 12.4. The van der Waals surface area contributed by atoms with Crippen LogP contribution in [0.25, 0.3) is 0 Å². The number of nitrogens with one attached hydrogen (secondary N) is 1. The van der Waals surface area contributed by atoms with E-state index in [1.54, 1.807) is 6.07 Å². The first-order chi connectivity index (χ1) is 10.2. The fourth-order valence-electron chi connectivity index (χ4n) is 3.01. The first-order valence-electron chi connectivity index (χ1n) is 8.10. The predicted molar refractivity (Wildman–Crippen MR) is 80.1 cm³/mol. The van der Waals surface area contributed by atoms with Gasteiger partial charge in [0.05, 0.1) is 5.69 Å². The highest BCUT2D eigenvalue weighted by Gasteiger charge is 2.25. The van der Waals surface area contributed by atoms with Crippen LogP contribution in [-0.2, 0) is 11.3 Å². The number of hydrogen-bond donors (Lipinski definition) is 1. The van der Waals surface area contributed by atoms with Crippen LogP contribution in [0, 0.1) is 0 Å². The molecule has 114 valence electrons. The topological polar surface area (TPSA) is 64.0 Å². The SMILES string of the molecule is O=C(Cn1nc(C2CC2)ccc1=O)NC1CCCCCC1. The number of aromatic nitrogens is 2. The van der Waals surface area contributed by atoms with Gasteiger partial charge in [-0.15, -0.1) is 0 Å². The first kappa shape index (κ1) is 14.3. The molecular formula is C16H23N3O2. The van der Waals surface area contributed by atoms with E-state index in [1.165, 1.54) is 36.4 Å². The van der Waals surface area contributed by atoms with Crippen LogP contribution in [-0.4, -0.2) is 21.7 Å². The highest BCUT2D eigenvalue weighted by molar-refractivity contribution is 5.75. The Morgan fingerprint density at radius 2 is 1.86 bits per heavy atom. The van der Waals surface area contributed by atoms with Crippen molar-refractivity contribution in [2.24, 2.45) is 0 Å². The lowest BCUT2D eigenvalue weighted by Gasteiger charge is -2.16. The lowest BCUT2D eigenvalue weighted by Crippen LogP contribution is -2.39. The molecule has 5 heteroatoms. The zero-order valence-electron chi connectivity index (χ0n) is 12.4. The third-order valence-corrected chi connectivity index (χ3v) is 4.40. The summed E-state index contributed by atoms with van der Waals surface area (Å²) < 4.78 is 1.31. The molecule has 1 aromatic rings. The van der Waals surface area contributed by atoms with Crippen molar-refractivity contribution in [1.29, 1.82) is 0 Å². The standard InChI is InChI=1S/C16H23N3O2/c20-15(17-13-5-3-1-2-4-6-13)11-19-16(21)10-9-14(18-19)12-7-8-12/h9-10,12-13H,1-8,11H2,(H,17,20). The quantitative estimate of drug-likeness (QED) is 0.862. The van der Waals surface area contributed by atoms with Gasteiger partial charge in [-0.05, 0) is 31.7 Å². The number of carbonyl (C=O) groups is 1. The molecule has 0 unspecified atom stereocenters. The minimum atomic E-state index is -0.199. The zero-order chi connectivity index (χ0) is 14.7. The Bertz CT molecular complexity index is 555. The van der Waals surface area contributed by atoms with Crippen molar-refractivity contribution in [3.63, 3.8) is 0 Å². The van der Waals surface area contributed by atoms with E-state index in [9.17, 15) is 9.59 Å². The van der Waals surface area contributed by atoms with E-state index < -0.39 is 0 Å². The smallest absolute Gasteiger partial charge is 0.267 e. The molecule has 0 saturated heterocycles. The molecule has 1 N–H and O–H groups in total. The molecule has 0 radical (unpaired) electrons. The molecule has 21 heavy (non-hydrogen) atoms. The van der Waals surface area contributed by atoms with Gasteiger partial charge in [0, 0.05) is 18.0 Å². The van der Waals surface area contributed by atoms with Gasteiger partial charge in [0.1, 0.15) is 6.54 Å². The molecule has 2 aliphatic rings. The number of rotatable bonds is 4. The van der Waals surface area contributed by atoms with Crippen molar-refractivity contribution < 1.29 is 4.79 Å². The monoisotopic (exact) mass is 289 g/mol. The molecule has 0 bridgehead atoms. The molecule has 5 nitrogen and oxygen atoms in total. The summed E-state index contributed by atoms with van der Waals surface area (Å²) in [6.07, 6.45) is 9.26. The van der Waals surface area contributed by atoms with Gasteiger partial charge in [0.15, 0.2) is 0 Å². The van der Waals surface area contributed by atoms with Gasteiger partial charge in [-0.2, -0.15) is 5.10 Å². The maximum atomic E-state index is 12.1. The van der Waals surface area contributed by atoms with E-state index in [2.05, 4.69) is 10.4 Å². The molecule has 0 aromatic carbocycles. The fourth-order valence-corrected chi connectivity index (χ4v) is 3.01. The van der Waals surface area contributed by atoms with Gasteiger partial charge < -0.3 is 5.32 Å². The normalized spacial score (nSPS) is 20.0. The van der Waals surface area contributed by atoms with Crippen LogP contribution in [0.1, 0.15) is 63.0 Å². The molecule has 1 amide bonds. The maximum Gasteiger partial charge on any atom is 0.267 e. The summed E-state index contributed by atoms with van der Waals surface area (Å²) in [7, 11) is 0. The second kappa shape index (κ2) is 6.41. The number of carbonyl (C=O) groups excluding carboxylic acids is 1. The Kier molecular flexibility index (Phi) is 4.36. The van der Waals surface area contributed by atoms with Gasteiger partial charge in [-0.25, -0.2) is 4.68 Å². The van der Waals surface area contributed by atoms with Crippen LogP contribution in [0.2, 0.25) is 0 Å². The van der Waals surface area contributed by atoms with Crippen molar-refractivity contribution in [3.05, 3.63) is 28.2 Å². The second-order valence-corrected chi connectivity index (χ2v) is 6.28. The van der Waals surface area contributed by atoms with Crippen LogP contribution >= 0.6 is 0 Å². The lowest BCUT2D eigenvalue weighted by atomic mass is 10.1. The van der Waals surface area contributed by atoms with E-state index in [-0.39, 0.29) is 24.1 Å². The third-order valence-electron chi connectivity index (χ3n) is 4.40. The summed E-state index contributed by atoms with van der Waals surface area (Å²) in [5, 5.41) is 7.39. The third kappa shape index (κ3) is 3.93. The largest absolute Gasteiger partial charge is 0.352 e. The van der Waals surface area contributed by atoms with Crippen molar-refractivity contribution in [1.82, 2.24) is 15.1 Å². The molecule has 3 rings (SSSR count). The van der Waals surface area contributed by atoms with Crippen LogP contribution in [0.5, 0.6) is 0 Å². The van der Waals surface area contributed by atoms with Crippen LogP contribution in [0.15, 0.2) is 16.9 Å². The number of nitrogens with zero attached hydrogens (tertiary/aromatic N) is 2. The molecule has 2 aliphatic carbocycles. The van der Waals surface area contributed by atoms with E-state index in [1.807, 2.05) is 0 Å². The van der Waals surface area contributed by atoms with Gasteiger partial charge in [-0.3, -0.25) is 9.59 Å². The van der Waals surface area contributed by atoms with Gasteiger partial charge in [0.2, 0.25) is 5.91 Å². The van der Waals surface area contributed by atoms with Crippen LogP contribution in [0.4, 0.5) is 0 Å². The Morgan fingerprint density at radius 3 is 2.52 bits per heavy atom. The second-order valence-electron chi connectivity index (χ2n) is 6.28. The number of amides is 1. The molecule has 0 atom stereocenters. The molecule has 1 aromatic heterocycles. The Morgan fingerprint density at radius 1 is 1.14 bits per heavy atom. The van der Waals surface area contributed by atoms with Crippen molar-refractivity contribution in [2.75, 3.05) is 0 Å². The Hall–Kier alpha value is -1.65. The highest BCUT2D eigenvalue weighted by atomic mass is 16.2. The summed E-state index contributed by atoms with van der Waals surface area (Å²) in [5.41, 5.74) is 0.743. The fraction of sp³-hybridized carbons (Fsp3) is 0.688. The van der Waals surface area contributed by atoms with Crippen LogP contribution < -0.4 is 10.9 Å². The first-order valence-corrected chi connectivity index (χ1v) is 8.10. The molecule has 2 saturated carbocycles. The summed E-state index contributed by atoms with van der Waals surface area (Å²) >= 11 is 0. The Labute approximate surface area is 124 Å². The lowest BCUT2D eigenvalue weighted by molar-refractivity contribution is -0.122. The average molecular weight is 289 g/mol. The van der Waals surface area contributed by atoms with E-state index in [0.717, 1.165) is 31.4 Å². The minimum absolute atomic E-state index is 0.0376. The molecule has 1 heterocycles. The van der Waals surface area contributed by atoms with E-state index >= 15 is 0 Å². The highest BCUT2D eigenvalue weighted by Crippen LogP contribution is 2.38. The van der Waals surface area contributed by atoms with E-state index in [4.69, 9.17) is 0 Å². The van der Waals surface area contributed by atoms with E-state index in [0.29, 0.717) is 5.92 Å². The van der Waals surface area contributed by atoms with Gasteiger partial charge in [0.25, 0.3) is 5.56 Å². The van der Waals surface area contributed by atoms with Crippen molar-refractivity contribution >= 4 is 5.91 Å². The minimum Gasteiger partial charge on any atom is -0.352 e. The van der Waals surface area contributed by atoms with Gasteiger partial charge in [-0.1, -0.05) is 25.7 Å². The number of hydrogen-bond acceptors (Lipinski definition) is 3. The molecule has 0 aliphatic heterocycles. The molecule has 0 spiro atoms. The summed E-state index contributed by atoms with van der Waals surface area (Å²) in [6, 6.07) is 3.58. The maximum absolute atomic E-state index is 12.1. The Balaban J connectivity index is 1.61. The predicted octanol–water partition coefficient (Wildman–Crippen LogP) is 1.96. The summed E-state index contributed by atoms with van der Waals surface area (Å²) in [4.78, 5) is 23.9.